The molecule has 0 saturated carbocycles. The summed E-state index contributed by atoms with van der Waals surface area (Å²) >= 11 is 0. The fraction of sp³-hybridized carbons (Fsp3) is 0.360. The van der Waals surface area contributed by atoms with Gasteiger partial charge >= 0.3 is 0 Å². The topological polar surface area (TPSA) is 109 Å². The standard InChI is InChI=1S/C25H28N4O5/c1-17-8-9-23(21-7-4-11-26-25(17)21)34-16-24(31)27(2)22(15-28-12-10-20(30)14-28)18-5-3-6-19(13-18)29(32)33/h3-9,11,13,20,22,30H,10,12,14-16H2,1-2H3/t20-,22?/m0/s1. The third-order valence-corrected chi connectivity index (χ3v) is 6.29. The molecule has 1 fully saturated rings. The molecule has 0 aliphatic carbocycles. The number of nitrogens with zero attached hydrogens (tertiary/aromatic N) is 4. The lowest BCUT2D eigenvalue weighted by Crippen LogP contribution is -2.41. The number of aryl methyl sites for hydroxylation is 1. The van der Waals surface area contributed by atoms with Gasteiger partial charge < -0.3 is 14.7 Å². The van der Waals surface area contributed by atoms with Crippen LogP contribution in [0.3, 0.4) is 0 Å². The predicted molar refractivity (Wildman–Crippen MR) is 128 cm³/mol. The summed E-state index contributed by atoms with van der Waals surface area (Å²) in [5.74, 6) is 0.318. The molecule has 1 aliphatic heterocycles. The number of nitro groups is 1. The van der Waals surface area contributed by atoms with Crippen molar-refractivity contribution in [2.75, 3.05) is 33.3 Å². The average Bonchev–Trinajstić information content (AvgIpc) is 3.26. The van der Waals surface area contributed by atoms with E-state index in [1.165, 1.54) is 12.1 Å². The number of carbonyl (C=O) groups is 1. The zero-order valence-electron chi connectivity index (χ0n) is 19.3. The van der Waals surface area contributed by atoms with E-state index < -0.39 is 17.1 Å². The number of likely N-dealkylation sites (tertiary alicyclic amines) is 1. The summed E-state index contributed by atoms with van der Waals surface area (Å²) in [4.78, 5) is 32.1. The number of β-amino-alcohol motifs (C(OH)–C–C–N with tert-alkyl or cyclic N) is 1. The van der Waals surface area contributed by atoms with Crippen LogP contribution < -0.4 is 4.74 Å². The first-order valence-corrected chi connectivity index (χ1v) is 11.2. The molecule has 1 aromatic heterocycles. The fourth-order valence-electron chi connectivity index (χ4n) is 4.35. The smallest absolute Gasteiger partial charge is 0.269 e. The second kappa shape index (κ2) is 10.1. The van der Waals surface area contributed by atoms with Gasteiger partial charge in [0.05, 0.1) is 22.6 Å². The van der Waals surface area contributed by atoms with Crippen molar-refractivity contribution in [3.05, 3.63) is 76.0 Å². The summed E-state index contributed by atoms with van der Waals surface area (Å²) in [6.07, 6.45) is 1.98. The van der Waals surface area contributed by atoms with Gasteiger partial charge in [-0.2, -0.15) is 0 Å². The highest BCUT2D eigenvalue weighted by atomic mass is 16.6. The first-order valence-electron chi connectivity index (χ1n) is 11.2. The number of hydrogen-bond acceptors (Lipinski definition) is 7. The molecule has 1 N–H and O–H groups in total. The van der Waals surface area contributed by atoms with E-state index in [0.29, 0.717) is 37.4 Å². The maximum absolute atomic E-state index is 13.2. The summed E-state index contributed by atoms with van der Waals surface area (Å²) in [7, 11) is 1.68. The lowest BCUT2D eigenvalue weighted by molar-refractivity contribution is -0.385. The Morgan fingerprint density at radius 2 is 2.15 bits per heavy atom. The van der Waals surface area contributed by atoms with Crippen LogP contribution in [0, 0.1) is 17.0 Å². The summed E-state index contributed by atoms with van der Waals surface area (Å²) in [5, 5.41) is 22.1. The van der Waals surface area contributed by atoms with Gasteiger partial charge in [-0.3, -0.25) is 24.8 Å². The first kappa shape index (κ1) is 23.6. The van der Waals surface area contributed by atoms with E-state index in [4.69, 9.17) is 4.74 Å². The van der Waals surface area contributed by atoms with Crippen LogP contribution in [0.15, 0.2) is 54.7 Å². The third kappa shape index (κ3) is 5.16. The Morgan fingerprint density at radius 1 is 1.32 bits per heavy atom. The molecular weight excluding hydrogens is 436 g/mol. The number of non-ortho nitro benzene ring substituents is 1. The van der Waals surface area contributed by atoms with Gasteiger partial charge in [-0.25, -0.2) is 0 Å². The molecule has 0 spiro atoms. The number of aliphatic hydroxyl groups excluding tert-OH is 1. The number of likely N-dealkylation sites (N-methyl/N-ethyl adjacent to an activating group) is 1. The van der Waals surface area contributed by atoms with E-state index >= 15 is 0 Å². The number of benzene rings is 2. The predicted octanol–water partition coefficient (Wildman–Crippen LogP) is 3.10. The molecule has 1 aliphatic rings. The lowest BCUT2D eigenvalue weighted by atomic mass is 10.0. The summed E-state index contributed by atoms with van der Waals surface area (Å²) < 4.78 is 5.90. The first-order chi connectivity index (χ1) is 16.3. The number of aromatic nitrogens is 1. The molecule has 4 rings (SSSR count). The lowest BCUT2D eigenvalue weighted by Gasteiger charge is -2.32. The van der Waals surface area contributed by atoms with Gasteiger partial charge in [-0.1, -0.05) is 18.2 Å². The van der Waals surface area contributed by atoms with E-state index in [1.54, 1.807) is 30.3 Å². The Bertz CT molecular complexity index is 1200. The quantitative estimate of drug-likeness (QED) is 0.403. The number of aliphatic hydroxyl groups is 1. The number of pyridine rings is 1. The SMILES string of the molecule is Cc1ccc(OCC(=O)N(C)C(CN2CC[C@H](O)C2)c2cccc([N+](=O)[O-])c2)c2cccnc12. The summed E-state index contributed by atoms with van der Waals surface area (Å²) in [6, 6.07) is 13.4. The minimum absolute atomic E-state index is 0.0281. The van der Waals surface area contributed by atoms with Gasteiger partial charge in [-0.15, -0.1) is 0 Å². The molecule has 3 aromatic rings. The highest BCUT2D eigenvalue weighted by Crippen LogP contribution is 2.28. The van der Waals surface area contributed by atoms with E-state index in [0.717, 1.165) is 16.5 Å². The van der Waals surface area contributed by atoms with Gasteiger partial charge in [-0.05, 0) is 42.7 Å². The number of rotatable bonds is 8. The molecule has 34 heavy (non-hydrogen) atoms. The number of fused-ring (bicyclic) bond motifs is 1. The van der Waals surface area contributed by atoms with Crippen LogP contribution in [-0.4, -0.2) is 70.1 Å². The molecular formula is C25H28N4O5. The van der Waals surface area contributed by atoms with Gasteiger partial charge in [0.2, 0.25) is 0 Å². The summed E-state index contributed by atoms with van der Waals surface area (Å²) in [5.41, 5.74) is 2.48. The van der Waals surface area contributed by atoms with Crippen LogP contribution in [-0.2, 0) is 4.79 Å². The minimum Gasteiger partial charge on any atom is -0.483 e. The Hall–Kier alpha value is -3.56. The molecule has 0 bridgehead atoms. The Morgan fingerprint density at radius 3 is 2.88 bits per heavy atom. The van der Waals surface area contributed by atoms with Crippen LogP contribution in [0.1, 0.15) is 23.6 Å². The molecule has 0 radical (unpaired) electrons. The van der Waals surface area contributed by atoms with E-state index in [1.807, 2.05) is 31.2 Å². The van der Waals surface area contributed by atoms with E-state index in [9.17, 15) is 20.0 Å². The van der Waals surface area contributed by atoms with Gasteiger partial charge in [0.25, 0.3) is 11.6 Å². The Labute approximate surface area is 197 Å². The summed E-state index contributed by atoms with van der Waals surface area (Å²) in [6.45, 7) is 3.45. The van der Waals surface area contributed by atoms with E-state index in [2.05, 4.69) is 9.88 Å². The van der Waals surface area contributed by atoms with Crippen LogP contribution >= 0.6 is 0 Å². The van der Waals surface area contributed by atoms with Crippen molar-refractivity contribution >= 4 is 22.5 Å². The van der Waals surface area contributed by atoms with Crippen molar-refractivity contribution in [1.29, 1.82) is 0 Å². The molecule has 1 saturated heterocycles. The zero-order chi connectivity index (χ0) is 24.2. The van der Waals surface area contributed by atoms with Crippen molar-refractivity contribution in [2.24, 2.45) is 0 Å². The number of hydrogen-bond donors (Lipinski definition) is 1. The Kier molecular flexibility index (Phi) is 7.04. The maximum atomic E-state index is 13.2. The molecule has 1 amide bonds. The van der Waals surface area contributed by atoms with Crippen molar-refractivity contribution in [3.8, 4) is 5.75 Å². The second-order valence-corrected chi connectivity index (χ2v) is 8.64. The largest absolute Gasteiger partial charge is 0.483 e. The second-order valence-electron chi connectivity index (χ2n) is 8.64. The molecule has 2 aromatic carbocycles. The molecule has 2 heterocycles. The zero-order valence-corrected chi connectivity index (χ0v) is 19.3. The van der Waals surface area contributed by atoms with Crippen molar-refractivity contribution < 1.29 is 19.6 Å². The average molecular weight is 465 g/mol. The van der Waals surface area contributed by atoms with Crippen molar-refractivity contribution in [3.63, 3.8) is 0 Å². The third-order valence-electron chi connectivity index (χ3n) is 6.29. The van der Waals surface area contributed by atoms with Gasteiger partial charge in [0.1, 0.15) is 5.75 Å². The highest BCUT2D eigenvalue weighted by Gasteiger charge is 2.29. The minimum atomic E-state index is -0.443. The molecule has 178 valence electrons. The fourth-order valence-corrected chi connectivity index (χ4v) is 4.35. The number of nitro benzene ring substituents is 1. The van der Waals surface area contributed by atoms with Crippen LogP contribution in [0.4, 0.5) is 5.69 Å². The Balaban J connectivity index is 1.54. The van der Waals surface area contributed by atoms with Crippen LogP contribution in [0.25, 0.3) is 10.9 Å². The normalized spacial score (nSPS) is 17.0. The molecule has 2 atom stereocenters. The van der Waals surface area contributed by atoms with Crippen molar-refractivity contribution in [2.45, 2.75) is 25.5 Å². The highest BCUT2D eigenvalue weighted by molar-refractivity contribution is 5.88. The van der Waals surface area contributed by atoms with Crippen LogP contribution in [0.5, 0.6) is 5.75 Å². The molecule has 9 nitrogen and oxygen atoms in total. The van der Waals surface area contributed by atoms with Crippen molar-refractivity contribution in [1.82, 2.24) is 14.8 Å². The molecule has 9 heteroatoms. The van der Waals surface area contributed by atoms with Gasteiger partial charge in [0, 0.05) is 50.4 Å². The number of carbonyl (C=O) groups excluding carboxylic acids is 1. The number of ether oxygens (including phenoxy) is 1. The monoisotopic (exact) mass is 464 g/mol. The molecule has 1 unspecified atom stereocenters. The van der Waals surface area contributed by atoms with Gasteiger partial charge in [0.15, 0.2) is 6.61 Å². The maximum Gasteiger partial charge on any atom is 0.269 e. The van der Waals surface area contributed by atoms with Crippen LogP contribution in [0.2, 0.25) is 0 Å². The number of amides is 1. The van der Waals surface area contributed by atoms with E-state index in [-0.39, 0.29) is 18.2 Å².